The van der Waals surface area contributed by atoms with E-state index in [-0.39, 0.29) is 17.6 Å². The van der Waals surface area contributed by atoms with Crippen LogP contribution < -0.4 is 31.4 Å². The van der Waals surface area contributed by atoms with E-state index in [4.69, 9.17) is 9.47 Å². The number of carbonyl (C=O) groups is 2. The lowest BCUT2D eigenvalue weighted by Crippen LogP contribution is -2.52. The van der Waals surface area contributed by atoms with Gasteiger partial charge in [-0.1, -0.05) is 12.1 Å². The fourth-order valence-electron chi connectivity index (χ4n) is 3.49. The minimum Gasteiger partial charge on any atom is -0.440 e. The zero-order valence-corrected chi connectivity index (χ0v) is 18.7. The van der Waals surface area contributed by atoms with E-state index in [0.29, 0.717) is 42.2 Å². The smallest absolute Gasteiger partial charge is 0.320 e. The highest BCUT2D eigenvalue weighted by Crippen LogP contribution is 2.25. The molecule has 0 saturated carbocycles. The molecule has 0 aliphatic carbocycles. The van der Waals surface area contributed by atoms with Crippen LogP contribution in [0.4, 0.5) is 14.9 Å². The van der Waals surface area contributed by atoms with Gasteiger partial charge in [-0.3, -0.25) is 15.5 Å². The van der Waals surface area contributed by atoms with Crippen LogP contribution in [0.1, 0.15) is 15.9 Å². The minimum absolute atomic E-state index is 0.0247. The summed E-state index contributed by atoms with van der Waals surface area (Å²) in [6.07, 6.45) is 5.20. The summed E-state index contributed by atoms with van der Waals surface area (Å²) in [7, 11) is 0. The minimum atomic E-state index is -0.480. The summed E-state index contributed by atoms with van der Waals surface area (Å²) in [6, 6.07) is 10.5. The van der Waals surface area contributed by atoms with Crippen molar-refractivity contribution in [2.75, 3.05) is 18.5 Å². The molecule has 1 saturated heterocycles. The van der Waals surface area contributed by atoms with Gasteiger partial charge < -0.3 is 25.4 Å². The molecule has 3 aliphatic rings. The molecule has 1 fully saturated rings. The highest BCUT2D eigenvalue weighted by molar-refractivity contribution is 6.04. The molecular weight excluding hydrogens is 455 g/mol. The van der Waals surface area contributed by atoms with Crippen LogP contribution >= 0.6 is 0 Å². The number of halogens is 1. The van der Waals surface area contributed by atoms with Gasteiger partial charge in [-0.05, 0) is 42.8 Å². The van der Waals surface area contributed by atoms with Crippen LogP contribution in [0.5, 0.6) is 5.75 Å². The number of hydrogen-bond donors (Lipinski definition) is 5. The molecule has 3 aliphatic heterocycles. The number of benzene rings is 2. The first kappa shape index (κ1) is 22.3. The summed E-state index contributed by atoms with van der Waals surface area (Å²) in [5.41, 5.74) is 4.67. The number of nitrogens with zero attached hydrogens (tertiary/aromatic N) is 1. The van der Waals surface area contributed by atoms with Gasteiger partial charge in [0, 0.05) is 23.4 Å². The van der Waals surface area contributed by atoms with Crippen LogP contribution in [0.3, 0.4) is 0 Å². The Morgan fingerprint density at radius 1 is 1.14 bits per heavy atom. The largest absolute Gasteiger partial charge is 0.440 e. The van der Waals surface area contributed by atoms with Crippen LogP contribution in [0, 0.1) is 12.7 Å². The number of allylic oxidation sites excluding steroid dienone is 2. The number of amides is 3. The van der Waals surface area contributed by atoms with Crippen molar-refractivity contribution in [3.05, 3.63) is 95.3 Å². The first-order valence-electron chi connectivity index (χ1n) is 10.9. The second-order valence-corrected chi connectivity index (χ2v) is 8.11. The lowest BCUT2D eigenvalue weighted by Gasteiger charge is -2.26. The van der Waals surface area contributed by atoms with Crippen molar-refractivity contribution >= 4 is 17.6 Å². The van der Waals surface area contributed by atoms with E-state index >= 15 is 0 Å². The van der Waals surface area contributed by atoms with Crippen LogP contribution in [-0.2, 0) is 4.74 Å². The van der Waals surface area contributed by atoms with E-state index < -0.39 is 11.7 Å². The van der Waals surface area contributed by atoms with Gasteiger partial charge in [0.2, 0.25) is 5.88 Å². The van der Waals surface area contributed by atoms with Gasteiger partial charge in [-0.25, -0.2) is 14.2 Å². The van der Waals surface area contributed by atoms with Crippen molar-refractivity contribution in [2.24, 2.45) is 0 Å². The average molecular weight is 478 g/mol. The van der Waals surface area contributed by atoms with Crippen molar-refractivity contribution in [3.63, 3.8) is 0 Å². The first-order chi connectivity index (χ1) is 16.9. The van der Waals surface area contributed by atoms with E-state index in [9.17, 15) is 14.0 Å². The summed E-state index contributed by atoms with van der Waals surface area (Å²) < 4.78 is 24.4. The molecular formula is C24H23FN6O4. The van der Waals surface area contributed by atoms with E-state index in [1.807, 2.05) is 13.0 Å². The highest BCUT2D eigenvalue weighted by atomic mass is 19.1. The number of urea groups is 1. The Morgan fingerprint density at radius 2 is 2.00 bits per heavy atom. The predicted octanol–water partition coefficient (Wildman–Crippen LogP) is 2.37. The number of hydrazine groups is 1. The number of ether oxygens (including phenoxy) is 2. The number of aryl methyl sites for hydroxylation is 1. The van der Waals surface area contributed by atoms with Crippen molar-refractivity contribution in [2.45, 2.75) is 13.0 Å². The SMILES string of the molecule is Cc1ccc(OC2=CC=C3NC(NC(=O)NC4COC4)=CN3N2)cc1NC(=O)c1cccc(F)c1. The van der Waals surface area contributed by atoms with Gasteiger partial charge in [0.25, 0.3) is 5.91 Å². The molecule has 5 rings (SSSR count). The summed E-state index contributed by atoms with van der Waals surface area (Å²) in [5, 5.41) is 13.1. The molecule has 0 bridgehead atoms. The molecule has 10 nitrogen and oxygen atoms in total. The monoisotopic (exact) mass is 478 g/mol. The second kappa shape index (κ2) is 9.39. The van der Waals surface area contributed by atoms with E-state index in [1.54, 1.807) is 41.6 Å². The van der Waals surface area contributed by atoms with Crippen molar-refractivity contribution < 1.29 is 23.5 Å². The average Bonchev–Trinajstić information content (AvgIpc) is 3.20. The maximum atomic E-state index is 13.5. The molecule has 0 radical (unpaired) electrons. The van der Waals surface area contributed by atoms with Gasteiger partial charge >= 0.3 is 6.03 Å². The van der Waals surface area contributed by atoms with Crippen LogP contribution in [0.15, 0.2) is 78.3 Å². The van der Waals surface area contributed by atoms with Crippen molar-refractivity contribution in [1.82, 2.24) is 26.4 Å². The van der Waals surface area contributed by atoms with Crippen molar-refractivity contribution in [3.8, 4) is 5.75 Å². The third kappa shape index (κ3) is 5.20. The maximum Gasteiger partial charge on any atom is 0.320 e. The van der Waals surface area contributed by atoms with Gasteiger partial charge in [0.1, 0.15) is 23.2 Å². The van der Waals surface area contributed by atoms with E-state index in [2.05, 4.69) is 26.7 Å². The summed E-state index contributed by atoms with van der Waals surface area (Å²) in [4.78, 5) is 24.6. The zero-order chi connectivity index (χ0) is 24.4. The Hall–Kier alpha value is -4.51. The lowest BCUT2D eigenvalue weighted by molar-refractivity contribution is 0.000115. The molecule has 5 N–H and O–H groups in total. The molecule has 0 unspecified atom stereocenters. The molecule has 0 atom stereocenters. The molecule has 180 valence electrons. The fraction of sp³-hybridized carbons (Fsp3) is 0.167. The first-order valence-corrected chi connectivity index (χ1v) is 10.9. The Kier molecular flexibility index (Phi) is 5.98. The van der Waals surface area contributed by atoms with E-state index in [0.717, 1.165) is 5.56 Å². The van der Waals surface area contributed by atoms with Crippen LogP contribution in [-0.4, -0.2) is 36.2 Å². The highest BCUT2D eigenvalue weighted by Gasteiger charge is 2.25. The predicted molar refractivity (Wildman–Crippen MR) is 125 cm³/mol. The molecule has 35 heavy (non-hydrogen) atoms. The van der Waals surface area contributed by atoms with Crippen LogP contribution in [0.2, 0.25) is 0 Å². The molecule has 11 heteroatoms. The summed E-state index contributed by atoms with van der Waals surface area (Å²) in [6.45, 7) is 2.87. The Labute approximate surface area is 200 Å². The second-order valence-electron chi connectivity index (χ2n) is 8.11. The Morgan fingerprint density at radius 3 is 2.77 bits per heavy atom. The third-order valence-corrected chi connectivity index (χ3v) is 5.40. The number of rotatable bonds is 6. The van der Waals surface area contributed by atoms with Crippen molar-refractivity contribution in [1.29, 1.82) is 0 Å². The number of anilines is 1. The molecule has 2 aromatic carbocycles. The maximum absolute atomic E-state index is 13.5. The number of fused-ring (bicyclic) bond motifs is 1. The van der Waals surface area contributed by atoms with E-state index in [1.165, 1.54) is 18.2 Å². The number of nitrogens with one attached hydrogen (secondary N) is 5. The topological polar surface area (TPSA) is 116 Å². The van der Waals surface area contributed by atoms with Crippen LogP contribution in [0.25, 0.3) is 0 Å². The standard InChI is InChI=1S/C24H23FN6O4/c1-14-5-6-18(10-19(14)27-23(32)15-3-2-4-16(25)9-15)35-22-8-7-21-28-20(11-31(21)30-22)29-24(33)26-17-12-34-13-17/h2-11,17,28,30H,12-13H2,1H3,(H,27,32)(H2,26,29,33). The normalized spacial score (nSPS) is 16.4. The van der Waals surface area contributed by atoms with Gasteiger partial charge in [-0.2, -0.15) is 0 Å². The lowest BCUT2D eigenvalue weighted by atomic mass is 10.1. The summed E-state index contributed by atoms with van der Waals surface area (Å²) in [5.74, 6) is 1.20. The number of hydrogen-bond acceptors (Lipinski definition) is 7. The van der Waals surface area contributed by atoms with Gasteiger partial charge in [-0.15, -0.1) is 0 Å². The third-order valence-electron chi connectivity index (χ3n) is 5.40. The zero-order valence-electron chi connectivity index (χ0n) is 18.7. The molecule has 0 aromatic heterocycles. The fourth-order valence-corrected chi connectivity index (χ4v) is 3.49. The Balaban J connectivity index is 1.20. The molecule has 3 heterocycles. The van der Waals surface area contributed by atoms with Gasteiger partial charge in [0.15, 0.2) is 0 Å². The number of carbonyl (C=O) groups excluding carboxylic acids is 2. The quantitative estimate of drug-likeness (QED) is 0.433. The molecule has 3 amide bonds. The molecule has 2 aromatic rings. The summed E-state index contributed by atoms with van der Waals surface area (Å²) >= 11 is 0. The Bertz CT molecular complexity index is 1270. The van der Waals surface area contributed by atoms with Gasteiger partial charge in [0.05, 0.1) is 25.5 Å². The molecule has 0 spiro atoms.